The monoisotopic (exact) mass is 327 g/mol. The van der Waals surface area contributed by atoms with Crippen molar-refractivity contribution in [2.75, 3.05) is 33.2 Å². The highest BCUT2D eigenvalue weighted by Crippen LogP contribution is 2.09. The maximum Gasteiger partial charge on any atom is 0.322 e. The van der Waals surface area contributed by atoms with Crippen LogP contribution in [0.3, 0.4) is 0 Å². The highest BCUT2D eigenvalue weighted by Gasteiger charge is 2.30. The Morgan fingerprint density at radius 1 is 1.23 bits per heavy atom. The van der Waals surface area contributed by atoms with Gasteiger partial charge in [0.05, 0.1) is 0 Å². The molecule has 0 spiro atoms. The van der Waals surface area contributed by atoms with E-state index in [1.165, 1.54) is 4.31 Å². The number of benzene rings is 1. The van der Waals surface area contributed by atoms with Crippen LogP contribution in [0.25, 0.3) is 0 Å². The molecule has 0 bridgehead atoms. The second kappa shape index (κ2) is 7.19. The maximum absolute atomic E-state index is 12.3. The van der Waals surface area contributed by atoms with Gasteiger partial charge in [0.25, 0.3) is 10.2 Å². The highest BCUT2D eigenvalue weighted by atomic mass is 32.2. The molecule has 0 unspecified atom stereocenters. The van der Waals surface area contributed by atoms with Gasteiger partial charge in [0, 0.05) is 26.2 Å². The number of carboxylic acids is 1. The van der Waals surface area contributed by atoms with E-state index in [4.69, 9.17) is 0 Å². The van der Waals surface area contributed by atoms with Crippen LogP contribution in [0.2, 0.25) is 0 Å². The Kier molecular flexibility index (Phi) is 5.52. The molecular formula is C14H21N3O4S. The molecule has 1 atom stereocenters. The third kappa shape index (κ3) is 4.51. The summed E-state index contributed by atoms with van der Waals surface area (Å²) < 4.78 is 28.3. The Balaban J connectivity index is 2.05. The minimum atomic E-state index is -3.80. The maximum atomic E-state index is 12.3. The normalized spacial score (nSPS) is 19.0. The molecule has 1 aromatic carbocycles. The van der Waals surface area contributed by atoms with Gasteiger partial charge in [-0.1, -0.05) is 30.3 Å². The summed E-state index contributed by atoms with van der Waals surface area (Å²) in [5.41, 5.74) is 0.774. The highest BCUT2D eigenvalue weighted by molar-refractivity contribution is 7.87. The average Bonchev–Trinajstić information content (AvgIpc) is 2.48. The third-order valence-corrected chi connectivity index (χ3v) is 5.30. The van der Waals surface area contributed by atoms with Crippen molar-refractivity contribution < 1.29 is 18.3 Å². The van der Waals surface area contributed by atoms with Crippen molar-refractivity contribution in [3.05, 3.63) is 35.9 Å². The van der Waals surface area contributed by atoms with Crippen LogP contribution in [0.15, 0.2) is 30.3 Å². The molecule has 1 fully saturated rings. The molecule has 2 rings (SSSR count). The number of likely N-dealkylation sites (N-methyl/N-ethyl adjacent to an activating group) is 1. The topological polar surface area (TPSA) is 90.0 Å². The average molecular weight is 327 g/mol. The fourth-order valence-electron chi connectivity index (χ4n) is 2.31. The van der Waals surface area contributed by atoms with E-state index < -0.39 is 22.2 Å². The van der Waals surface area contributed by atoms with Crippen molar-refractivity contribution in [1.29, 1.82) is 0 Å². The molecule has 7 nitrogen and oxygen atoms in total. The number of carboxylic acid groups (broad SMARTS) is 1. The number of aliphatic carboxylic acids is 1. The Morgan fingerprint density at radius 3 is 2.36 bits per heavy atom. The van der Waals surface area contributed by atoms with Gasteiger partial charge in [-0.25, -0.2) is 0 Å². The zero-order chi connectivity index (χ0) is 16.2. The first-order valence-electron chi connectivity index (χ1n) is 7.11. The van der Waals surface area contributed by atoms with Crippen LogP contribution in [-0.4, -0.2) is 68.0 Å². The summed E-state index contributed by atoms with van der Waals surface area (Å²) in [6, 6.07) is 7.80. The lowest BCUT2D eigenvalue weighted by atomic mass is 10.1. The summed E-state index contributed by atoms with van der Waals surface area (Å²) in [7, 11) is -1.87. The van der Waals surface area contributed by atoms with Gasteiger partial charge in [-0.2, -0.15) is 17.4 Å². The first kappa shape index (κ1) is 16.9. The van der Waals surface area contributed by atoms with E-state index in [2.05, 4.69) is 4.72 Å². The number of hydrogen-bond donors (Lipinski definition) is 2. The van der Waals surface area contributed by atoms with Crippen molar-refractivity contribution in [3.8, 4) is 0 Å². The van der Waals surface area contributed by atoms with E-state index >= 15 is 0 Å². The molecule has 0 radical (unpaired) electrons. The molecule has 1 aliphatic rings. The Labute approximate surface area is 130 Å². The van der Waals surface area contributed by atoms with Crippen LogP contribution in [0, 0.1) is 0 Å². The van der Waals surface area contributed by atoms with Gasteiger partial charge in [-0.3, -0.25) is 4.79 Å². The zero-order valence-electron chi connectivity index (χ0n) is 12.5. The van der Waals surface area contributed by atoms with Crippen molar-refractivity contribution in [3.63, 3.8) is 0 Å². The van der Waals surface area contributed by atoms with E-state index in [1.54, 1.807) is 24.3 Å². The van der Waals surface area contributed by atoms with E-state index in [9.17, 15) is 18.3 Å². The number of piperazine rings is 1. The first-order chi connectivity index (χ1) is 10.4. The number of nitrogens with zero attached hydrogens (tertiary/aromatic N) is 2. The molecule has 1 aromatic rings. The van der Waals surface area contributed by atoms with Crippen LogP contribution >= 0.6 is 0 Å². The Bertz CT molecular complexity index is 598. The van der Waals surface area contributed by atoms with Crippen LogP contribution in [-0.2, 0) is 21.4 Å². The summed E-state index contributed by atoms with van der Waals surface area (Å²) in [6.45, 7) is 2.00. The van der Waals surface area contributed by atoms with Gasteiger partial charge in [-0.15, -0.1) is 0 Å². The van der Waals surface area contributed by atoms with Crippen molar-refractivity contribution in [1.82, 2.24) is 13.9 Å². The second-order valence-corrected chi connectivity index (χ2v) is 7.11. The van der Waals surface area contributed by atoms with Gasteiger partial charge >= 0.3 is 5.97 Å². The van der Waals surface area contributed by atoms with Gasteiger partial charge in [-0.05, 0) is 19.0 Å². The number of nitrogens with one attached hydrogen (secondary N) is 1. The Hall–Kier alpha value is -1.48. The van der Waals surface area contributed by atoms with Crippen molar-refractivity contribution >= 4 is 16.2 Å². The van der Waals surface area contributed by atoms with Crippen molar-refractivity contribution in [2.24, 2.45) is 0 Å². The molecule has 0 saturated carbocycles. The molecule has 122 valence electrons. The molecule has 0 aliphatic carbocycles. The molecule has 1 aliphatic heterocycles. The molecule has 22 heavy (non-hydrogen) atoms. The molecule has 0 aromatic heterocycles. The zero-order valence-corrected chi connectivity index (χ0v) is 13.3. The van der Waals surface area contributed by atoms with E-state index in [-0.39, 0.29) is 6.42 Å². The van der Waals surface area contributed by atoms with Crippen LogP contribution < -0.4 is 4.72 Å². The molecular weight excluding hydrogens is 306 g/mol. The molecule has 1 saturated heterocycles. The van der Waals surface area contributed by atoms with Crippen LogP contribution in [0.5, 0.6) is 0 Å². The van der Waals surface area contributed by atoms with Gasteiger partial charge in [0.15, 0.2) is 0 Å². The predicted molar refractivity (Wildman–Crippen MR) is 82.7 cm³/mol. The fourth-order valence-corrected chi connectivity index (χ4v) is 3.65. The second-order valence-electron chi connectivity index (χ2n) is 5.41. The van der Waals surface area contributed by atoms with E-state index in [0.717, 1.165) is 5.56 Å². The fraction of sp³-hybridized carbons (Fsp3) is 0.500. The van der Waals surface area contributed by atoms with E-state index in [1.807, 2.05) is 18.0 Å². The van der Waals surface area contributed by atoms with E-state index in [0.29, 0.717) is 26.2 Å². The lowest BCUT2D eigenvalue weighted by Gasteiger charge is -2.32. The summed E-state index contributed by atoms with van der Waals surface area (Å²) in [6.07, 6.45) is 0.114. The largest absolute Gasteiger partial charge is 0.480 e. The first-order valence-corrected chi connectivity index (χ1v) is 8.55. The SMILES string of the molecule is CN1CCN(S(=O)(=O)N[C@@H](Cc2ccccc2)C(=O)O)CC1. The number of hydrogen-bond acceptors (Lipinski definition) is 4. The minimum Gasteiger partial charge on any atom is -0.480 e. The summed E-state index contributed by atoms with van der Waals surface area (Å²) >= 11 is 0. The molecule has 0 amide bonds. The molecule has 8 heteroatoms. The molecule has 1 heterocycles. The standard InChI is InChI=1S/C14H21N3O4S/c1-16-7-9-17(10-8-16)22(20,21)15-13(14(18)19)11-12-5-3-2-4-6-12/h2-6,13,15H,7-11H2,1H3,(H,18,19)/t13-/m0/s1. The van der Waals surface area contributed by atoms with Crippen LogP contribution in [0.4, 0.5) is 0 Å². The number of rotatable bonds is 6. The predicted octanol–water partition coefficient (Wildman–Crippen LogP) is -0.236. The molecule has 2 N–H and O–H groups in total. The van der Waals surface area contributed by atoms with Crippen LogP contribution in [0.1, 0.15) is 5.56 Å². The van der Waals surface area contributed by atoms with Gasteiger partial charge < -0.3 is 10.0 Å². The van der Waals surface area contributed by atoms with Gasteiger partial charge in [0.2, 0.25) is 0 Å². The quantitative estimate of drug-likeness (QED) is 0.753. The smallest absolute Gasteiger partial charge is 0.322 e. The minimum absolute atomic E-state index is 0.114. The van der Waals surface area contributed by atoms with Gasteiger partial charge in [0.1, 0.15) is 6.04 Å². The lowest BCUT2D eigenvalue weighted by Crippen LogP contribution is -2.54. The number of carbonyl (C=O) groups is 1. The summed E-state index contributed by atoms with van der Waals surface area (Å²) in [4.78, 5) is 13.4. The van der Waals surface area contributed by atoms with Crippen molar-refractivity contribution in [2.45, 2.75) is 12.5 Å². The Morgan fingerprint density at radius 2 is 1.82 bits per heavy atom. The lowest BCUT2D eigenvalue weighted by molar-refractivity contribution is -0.138. The summed E-state index contributed by atoms with van der Waals surface area (Å²) in [5.74, 6) is -1.18. The third-order valence-electron chi connectivity index (χ3n) is 3.67. The summed E-state index contributed by atoms with van der Waals surface area (Å²) in [5, 5.41) is 9.28.